The Labute approximate surface area is 258 Å². The molecule has 3 aromatic rings. The Morgan fingerprint density at radius 2 is 1.57 bits per heavy atom. The van der Waals surface area contributed by atoms with E-state index < -0.39 is 17.7 Å². The van der Waals surface area contributed by atoms with Gasteiger partial charge in [-0.3, -0.25) is 9.59 Å². The number of hydrogen-bond acceptors (Lipinski definition) is 4. The van der Waals surface area contributed by atoms with Crippen LogP contribution >= 0.6 is 0 Å². The van der Waals surface area contributed by atoms with Crippen molar-refractivity contribution < 1.29 is 18.4 Å². The summed E-state index contributed by atoms with van der Waals surface area (Å²) in [7, 11) is 0. The van der Waals surface area contributed by atoms with Gasteiger partial charge >= 0.3 is 0 Å². The maximum Gasteiger partial charge on any atom is 0.257 e. The second-order valence-electron chi connectivity index (χ2n) is 12.6. The Bertz CT molecular complexity index is 1460. The lowest BCUT2D eigenvalue weighted by Gasteiger charge is -2.42. The van der Waals surface area contributed by atoms with Crippen molar-refractivity contribution >= 4 is 28.9 Å². The Morgan fingerprint density at radius 3 is 2.30 bits per heavy atom. The van der Waals surface area contributed by atoms with E-state index in [0.29, 0.717) is 30.3 Å². The summed E-state index contributed by atoms with van der Waals surface area (Å²) in [6.07, 6.45) is 8.36. The maximum atomic E-state index is 15.5. The van der Waals surface area contributed by atoms with E-state index in [1.54, 1.807) is 42.2 Å². The highest BCUT2D eigenvalue weighted by Crippen LogP contribution is 2.40. The molecule has 8 heteroatoms. The predicted molar refractivity (Wildman–Crippen MR) is 171 cm³/mol. The molecule has 2 heterocycles. The fourth-order valence-electron chi connectivity index (χ4n) is 7.36. The lowest BCUT2D eigenvalue weighted by molar-refractivity contribution is -0.118. The molecule has 1 saturated carbocycles. The summed E-state index contributed by atoms with van der Waals surface area (Å²) in [6, 6.07) is 18.0. The molecule has 1 aliphatic carbocycles. The molecule has 2 N–H and O–H groups in total. The number of amides is 2. The SMILES string of the molecule is Cc1cccc(F)c1C(=O)N1CCC[C@H](CC(=O)Nc2cccc(N3CCCC3)c2F)[C@@H]1c1ccc(NC2CCCC2)cc1. The molecular formula is C36H42F2N4O2. The van der Waals surface area contributed by atoms with Crippen LogP contribution in [-0.2, 0) is 4.79 Å². The molecule has 0 unspecified atom stereocenters. The molecule has 6 rings (SSSR count). The molecule has 3 aromatic carbocycles. The number of nitrogens with zero attached hydrogens (tertiary/aromatic N) is 2. The highest BCUT2D eigenvalue weighted by atomic mass is 19.1. The topological polar surface area (TPSA) is 64.7 Å². The third kappa shape index (κ3) is 6.44. The van der Waals surface area contributed by atoms with Crippen LogP contribution in [0.1, 0.15) is 85.3 Å². The number of aryl methyl sites for hydroxylation is 1. The molecular weight excluding hydrogens is 558 g/mol. The van der Waals surface area contributed by atoms with Gasteiger partial charge in [0.25, 0.3) is 5.91 Å². The number of hydrogen-bond donors (Lipinski definition) is 2. The summed E-state index contributed by atoms with van der Waals surface area (Å²) < 4.78 is 30.5. The lowest BCUT2D eigenvalue weighted by Crippen LogP contribution is -2.44. The first-order valence-electron chi connectivity index (χ1n) is 16.1. The van der Waals surface area contributed by atoms with Gasteiger partial charge in [-0.05, 0) is 92.8 Å². The number of nitrogens with one attached hydrogen (secondary N) is 2. The summed E-state index contributed by atoms with van der Waals surface area (Å²) in [6.45, 7) is 3.81. The van der Waals surface area contributed by atoms with Gasteiger partial charge in [-0.25, -0.2) is 8.78 Å². The first-order valence-corrected chi connectivity index (χ1v) is 16.1. The van der Waals surface area contributed by atoms with Crippen LogP contribution in [0.3, 0.4) is 0 Å². The average Bonchev–Trinajstić information content (AvgIpc) is 3.74. The van der Waals surface area contributed by atoms with Crippen molar-refractivity contribution in [1.29, 1.82) is 0 Å². The Hall–Kier alpha value is -3.94. The smallest absolute Gasteiger partial charge is 0.257 e. The van der Waals surface area contributed by atoms with Gasteiger partial charge in [-0.15, -0.1) is 0 Å². The first-order chi connectivity index (χ1) is 21.4. The van der Waals surface area contributed by atoms with Crippen LogP contribution < -0.4 is 15.5 Å². The number of piperidine rings is 1. The van der Waals surface area contributed by atoms with E-state index >= 15 is 8.78 Å². The largest absolute Gasteiger partial charge is 0.382 e. The second kappa shape index (κ2) is 13.4. The molecule has 44 heavy (non-hydrogen) atoms. The van der Waals surface area contributed by atoms with E-state index in [0.717, 1.165) is 56.4 Å². The van der Waals surface area contributed by atoms with E-state index in [1.807, 2.05) is 29.2 Å². The Balaban J connectivity index is 1.26. The monoisotopic (exact) mass is 600 g/mol. The van der Waals surface area contributed by atoms with Gasteiger partial charge in [0.05, 0.1) is 23.0 Å². The molecule has 0 spiro atoms. The third-order valence-corrected chi connectivity index (χ3v) is 9.58. The van der Waals surface area contributed by atoms with E-state index in [4.69, 9.17) is 0 Å². The van der Waals surface area contributed by atoms with Gasteiger partial charge in [-0.1, -0.05) is 43.2 Å². The first kappa shape index (κ1) is 30.1. The van der Waals surface area contributed by atoms with Crippen molar-refractivity contribution in [3.8, 4) is 0 Å². The van der Waals surface area contributed by atoms with Gasteiger partial charge in [0.1, 0.15) is 5.82 Å². The zero-order valence-electron chi connectivity index (χ0n) is 25.5. The van der Waals surface area contributed by atoms with Gasteiger partial charge in [0.2, 0.25) is 5.91 Å². The van der Waals surface area contributed by atoms with Crippen LogP contribution in [0.2, 0.25) is 0 Å². The number of likely N-dealkylation sites (tertiary alicyclic amines) is 1. The van der Waals surface area contributed by atoms with Crippen molar-refractivity contribution in [2.24, 2.45) is 5.92 Å². The number of halogens is 2. The summed E-state index contributed by atoms with van der Waals surface area (Å²) >= 11 is 0. The van der Waals surface area contributed by atoms with Crippen LogP contribution in [0.15, 0.2) is 60.7 Å². The van der Waals surface area contributed by atoms with E-state index in [1.165, 1.54) is 18.9 Å². The van der Waals surface area contributed by atoms with Crippen molar-refractivity contribution in [1.82, 2.24) is 4.90 Å². The van der Waals surface area contributed by atoms with Crippen molar-refractivity contribution in [2.75, 3.05) is 35.2 Å². The summed E-state index contributed by atoms with van der Waals surface area (Å²) in [5, 5.41) is 6.44. The molecule has 3 aliphatic rings. The molecule has 0 bridgehead atoms. The van der Waals surface area contributed by atoms with Crippen molar-refractivity contribution in [3.05, 3.63) is 89.0 Å². The molecule has 2 atom stereocenters. The van der Waals surface area contributed by atoms with Crippen LogP contribution in [0.5, 0.6) is 0 Å². The van der Waals surface area contributed by atoms with Gasteiger partial charge in [0.15, 0.2) is 5.82 Å². The fraction of sp³-hybridized carbons (Fsp3) is 0.444. The summed E-state index contributed by atoms with van der Waals surface area (Å²) in [4.78, 5) is 31.2. The highest BCUT2D eigenvalue weighted by molar-refractivity contribution is 5.96. The Kier molecular flexibility index (Phi) is 9.14. The minimum atomic E-state index is -0.543. The molecule has 232 valence electrons. The number of carbonyl (C=O) groups is 2. The maximum absolute atomic E-state index is 15.5. The zero-order chi connectivity index (χ0) is 30.6. The number of carbonyl (C=O) groups excluding carboxylic acids is 2. The fourth-order valence-corrected chi connectivity index (χ4v) is 7.36. The van der Waals surface area contributed by atoms with Crippen LogP contribution in [0, 0.1) is 24.5 Å². The molecule has 2 saturated heterocycles. The van der Waals surface area contributed by atoms with Crippen LogP contribution in [0.25, 0.3) is 0 Å². The Morgan fingerprint density at radius 1 is 0.841 bits per heavy atom. The minimum Gasteiger partial charge on any atom is -0.382 e. The van der Waals surface area contributed by atoms with E-state index in [9.17, 15) is 9.59 Å². The van der Waals surface area contributed by atoms with Gasteiger partial charge in [-0.2, -0.15) is 0 Å². The zero-order valence-corrected chi connectivity index (χ0v) is 25.5. The normalized spacial score (nSPS) is 20.6. The van der Waals surface area contributed by atoms with Crippen LogP contribution in [-0.4, -0.2) is 42.4 Å². The molecule has 0 radical (unpaired) electrons. The lowest BCUT2D eigenvalue weighted by atomic mass is 9.81. The van der Waals surface area contributed by atoms with Crippen LogP contribution in [0.4, 0.5) is 25.8 Å². The number of anilines is 3. The molecule has 2 aliphatic heterocycles. The van der Waals surface area contributed by atoms with Gasteiger partial charge < -0.3 is 20.4 Å². The van der Waals surface area contributed by atoms with Crippen molar-refractivity contribution in [3.63, 3.8) is 0 Å². The molecule has 3 fully saturated rings. The molecule has 0 aromatic heterocycles. The quantitative estimate of drug-likeness (QED) is 0.276. The van der Waals surface area contributed by atoms with E-state index in [2.05, 4.69) is 10.6 Å². The number of rotatable bonds is 8. The number of benzene rings is 3. The minimum absolute atomic E-state index is 0.0721. The van der Waals surface area contributed by atoms with E-state index in [-0.39, 0.29) is 35.4 Å². The summed E-state index contributed by atoms with van der Waals surface area (Å²) in [5.41, 5.74) is 3.27. The van der Waals surface area contributed by atoms with Gasteiger partial charge in [0, 0.05) is 37.8 Å². The standard InChI is InChI=1S/C36H42F2N4O2/c1-24-9-6-13-29(37)33(24)36(44)42-22-8-10-26(35(42)25-16-18-28(19-17-25)39-27-11-2-3-12-27)23-32(43)40-30-14-7-15-31(34(30)38)41-20-4-5-21-41/h6-7,9,13-19,26-27,35,39H,2-5,8,10-12,20-23H2,1H3,(H,40,43)/t26-,35+/m1/s1. The second-order valence-corrected chi connectivity index (χ2v) is 12.6. The highest BCUT2D eigenvalue weighted by Gasteiger charge is 2.38. The van der Waals surface area contributed by atoms with Crippen molar-refractivity contribution in [2.45, 2.75) is 76.8 Å². The predicted octanol–water partition coefficient (Wildman–Crippen LogP) is 7.85. The summed E-state index contributed by atoms with van der Waals surface area (Å²) in [5.74, 6) is -1.85. The molecule has 2 amide bonds. The average molecular weight is 601 g/mol. The molecule has 6 nitrogen and oxygen atoms in total. The third-order valence-electron chi connectivity index (χ3n) is 9.58.